The van der Waals surface area contributed by atoms with E-state index in [9.17, 15) is 4.79 Å². The number of nitrogens with zero attached hydrogens (tertiary/aromatic N) is 4. The van der Waals surface area contributed by atoms with Crippen LogP contribution in [0, 0.1) is 0 Å². The molecule has 1 aromatic rings. The van der Waals surface area contributed by atoms with Gasteiger partial charge in [0.1, 0.15) is 0 Å². The molecule has 2 heterocycles. The van der Waals surface area contributed by atoms with Gasteiger partial charge in [-0.15, -0.1) is 0 Å². The number of benzene rings is 1. The summed E-state index contributed by atoms with van der Waals surface area (Å²) in [6.45, 7) is 10.5. The van der Waals surface area contributed by atoms with Gasteiger partial charge in [0.05, 0.1) is 19.7 Å². The van der Waals surface area contributed by atoms with E-state index in [2.05, 4.69) is 68.7 Å². The summed E-state index contributed by atoms with van der Waals surface area (Å²) in [5.74, 6) is 0.999. The van der Waals surface area contributed by atoms with E-state index in [0.717, 1.165) is 51.8 Å². The first-order valence-electron chi connectivity index (χ1n) is 11.2. The lowest BCUT2D eigenvalue weighted by Gasteiger charge is -2.36. The van der Waals surface area contributed by atoms with Crippen molar-refractivity contribution in [3.8, 4) is 0 Å². The molecule has 1 aromatic carbocycles. The Bertz CT molecular complexity index is 750. The van der Waals surface area contributed by atoms with Gasteiger partial charge in [-0.25, -0.2) is 4.99 Å². The van der Waals surface area contributed by atoms with Crippen molar-refractivity contribution in [3.05, 3.63) is 42.0 Å². The van der Waals surface area contributed by atoms with Gasteiger partial charge in [0.25, 0.3) is 0 Å². The molecule has 2 N–H and O–H groups in total. The van der Waals surface area contributed by atoms with Crippen LogP contribution in [0.1, 0.15) is 12.5 Å². The zero-order valence-corrected chi connectivity index (χ0v) is 18.8. The Morgan fingerprint density at radius 2 is 1.90 bits per heavy atom. The number of piperazine rings is 1. The predicted molar refractivity (Wildman–Crippen MR) is 126 cm³/mol. The Kier molecular flexibility index (Phi) is 9.17. The van der Waals surface area contributed by atoms with Crippen molar-refractivity contribution in [2.24, 2.45) is 4.99 Å². The second-order valence-electron chi connectivity index (χ2n) is 7.82. The summed E-state index contributed by atoms with van der Waals surface area (Å²) in [6, 6.07) is 8.65. The number of methoxy groups -OCH3 is 1. The van der Waals surface area contributed by atoms with E-state index in [4.69, 9.17) is 9.73 Å². The average Bonchev–Trinajstić information content (AvgIpc) is 3.33. The van der Waals surface area contributed by atoms with Crippen LogP contribution in [0.3, 0.4) is 0 Å². The third-order valence-electron chi connectivity index (χ3n) is 5.51. The molecule has 1 fully saturated rings. The summed E-state index contributed by atoms with van der Waals surface area (Å²) >= 11 is 0. The van der Waals surface area contributed by atoms with Crippen LogP contribution < -0.4 is 15.5 Å². The molecular weight excluding hydrogens is 392 g/mol. The van der Waals surface area contributed by atoms with Gasteiger partial charge in [-0.05, 0) is 24.6 Å². The minimum absolute atomic E-state index is 0.0548. The SMILES string of the molecule is CCNC(=NCc1cccc(N2CC=CC2)c1)N1CCN(CC(=O)NCCOC)CC1. The van der Waals surface area contributed by atoms with E-state index < -0.39 is 0 Å². The molecule has 0 aromatic heterocycles. The van der Waals surface area contributed by atoms with E-state index in [1.54, 1.807) is 7.11 Å². The normalized spacial score (nSPS) is 17.3. The minimum Gasteiger partial charge on any atom is -0.383 e. The van der Waals surface area contributed by atoms with E-state index >= 15 is 0 Å². The van der Waals surface area contributed by atoms with Crippen molar-refractivity contribution in [1.29, 1.82) is 0 Å². The van der Waals surface area contributed by atoms with Crippen molar-refractivity contribution in [3.63, 3.8) is 0 Å². The maximum absolute atomic E-state index is 12.0. The maximum Gasteiger partial charge on any atom is 0.234 e. The van der Waals surface area contributed by atoms with Crippen molar-refractivity contribution < 1.29 is 9.53 Å². The van der Waals surface area contributed by atoms with Crippen LogP contribution in [0.15, 0.2) is 41.4 Å². The number of hydrogen-bond acceptors (Lipinski definition) is 5. The van der Waals surface area contributed by atoms with Crippen LogP contribution in [-0.2, 0) is 16.1 Å². The van der Waals surface area contributed by atoms with Crippen molar-refractivity contribution in [2.45, 2.75) is 13.5 Å². The summed E-state index contributed by atoms with van der Waals surface area (Å²) in [5, 5.41) is 6.31. The van der Waals surface area contributed by atoms with Gasteiger partial charge >= 0.3 is 0 Å². The molecule has 1 amide bonds. The number of carbonyl (C=O) groups is 1. The Morgan fingerprint density at radius 1 is 1.13 bits per heavy atom. The zero-order chi connectivity index (χ0) is 21.9. The predicted octanol–water partition coefficient (Wildman–Crippen LogP) is 0.909. The van der Waals surface area contributed by atoms with Crippen molar-refractivity contribution >= 4 is 17.6 Å². The molecule has 31 heavy (non-hydrogen) atoms. The summed E-state index contributed by atoms with van der Waals surface area (Å²) < 4.78 is 4.97. The Hall–Kier alpha value is -2.58. The van der Waals surface area contributed by atoms with Crippen molar-refractivity contribution in [1.82, 2.24) is 20.4 Å². The number of carbonyl (C=O) groups excluding carboxylic acids is 1. The van der Waals surface area contributed by atoms with Crippen LogP contribution in [0.2, 0.25) is 0 Å². The Morgan fingerprint density at radius 3 is 2.61 bits per heavy atom. The highest BCUT2D eigenvalue weighted by atomic mass is 16.5. The number of nitrogens with one attached hydrogen (secondary N) is 2. The first kappa shape index (κ1) is 23.1. The highest BCUT2D eigenvalue weighted by Crippen LogP contribution is 2.19. The molecule has 0 saturated carbocycles. The number of guanidine groups is 1. The van der Waals surface area contributed by atoms with Gasteiger partial charge in [0.2, 0.25) is 5.91 Å². The second kappa shape index (κ2) is 12.3. The fourth-order valence-corrected chi connectivity index (χ4v) is 3.80. The van der Waals surface area contributed by atoms with E-state index in [-0.39, 0.29) is 5.91 Å². The second-order valence-corrected chi connectivity index (χ2v) is 7.82. The van der Waals surface area contributed by atoms with Gasteiger partial charge < -0.3 is 25.2 Å². The third-order valence-corrected chi connectivity index (χ3v) is 5.51. The van der Waals surface area contributed by atoms with Crippen LogP contribution in [0.4, 0.5) is 5.69 Å². The van der Waals surface area contributed by atoms with Gasteiger partial charge in [-0.3, -0.25) is 9.69 Å². The van der Waals surface area contributed by atoms with E-state index in [1.165, 1.54) is 11.3 Å². The molecule has 0 unspecified atom stereocenters. The highest BCUT2D eigenvalue weighted by Gasteiger charge is 2.21. The number of hydrogen-bond donors (Lipinski definition) is 2. The molecule has 0 bridgehead atoms. The smallest absolute Gasteiger partial charge is 0.234 e. The monoisotopic (exact) mass is 428 g/mol. The molecule has 0 radical (unpaired) electrons. The Labute approximate surface area is 185 Å². The quantitative estimate of drug-likeness (QED) is 0.264. The van der Waals surface area contributed by atoms with Crippen LogP contribution >= 0.6 is 0 Å². The summed E-state index contributed by atoms with van der Waals surface area (Å²) in [4.78, 5) is 23.7. The molecule has 1 saturated heterocycles. The number of anilines is 1. The van der Waals surface area contributed by atoms with Gasteiger partial charge in [-0.2, -0.15) is 0 Å². The lowest BCUT2D eigenvalue weighted by atomic mass is 10.2. The van der Waals surface area contributed by atoms with E-state index in [1.807, 2.05) is 0 Å². The summed E-state index contributed by atoms with van der Waals surface area (Å²) in [7, 11) is 1.64. The summed E-state index contributed by atoms with van der Waals surface area (Å²) in [5.41, 5.74) is 2.46. The van der Waals surface area contributed by atoms with Gasteiger partial charge in [0, 0.05) is 65.2 Å². The minimum atomic E-state index is 0.0548. The molecule has 3 rings (SSSR count). The third kappa shape index (κ3) is 7.25. The average molecular weight is 429 g/mol. The zero-order valence-electron chi connectivity index (χ0n) is 18.8. The lowest BCUT2D eigenvalue weighted by Crippen LogP contribution is -2.54. The largest absolute Gasteiger partial charge is 0.383 e. The standard InChI is InChI=1S/C23H36N6O2/c1-3-24-23(26-18-20-7-6-8-21(17-20)28-10-4-5-11-28)29-14-12-27(13-15-29)19-22(30)25-9-16-31-2/h4-8,17H,3,9-16,18-19H2,1-2H3,(H,24,26)(H,25,30). The number of rotatable bonds is 9. The number of ether oxygens (including phenoxy) is 1. The van der Waals surface area contributed by atoms with E-state index in [0.29, 0.717) is 26.2 Å². The molecule has 0 atom stereocenters. The fraction of sp³-hybridized carbons (Fsp3) is 0.565. The molecule has 2 aliphatic rings. The van der Waals surface area contributed by atoms with Gasteiger partial charge in [-0.1, -0.05) is 24.3 Å². The van der Waals surface area contributed by atoms with Crippen LogP contribution in [0.5, 0.6) is 0 Å². The molecular formula is C23H36N6O2. The number of amides is 1. The maximum atomic E-state index is 12.0. The molecule has 8 heteroatoms. The van der Waals surface area contributed by atoms with Gasteiger partial charge in [0.15, 0.2) is 5.96 Å². The fourth-order valence-electron chi connectivity index (χ4n) is 3.80. The van der Waals surface area contributed by atoms with Crippen LogP contribution in [0.25, 0.3) is 0 Å². The first-order valence-corrected chi connectivity index (χ1v) is 11.2. The molecule has 8 nitrogen and oxygen atoms in total. The number of aliphatic imine (C=N–C) groups is 1. The lowest BCUT2D eigenvalue weighted by molar-refractivity contribution is -0.122. The van der Waals surface area contributed by atoms with Crippen LogP contribution in [-0.4, -0.2) is 94.3 Å². The van der Waals surface area contributed by atoms with Crippen molar-refractivity contribution in [2.75, 3.05) is 77.5 Å². The first-order chi connectivity index (χ1) is 15.2. The molecule has 2 aliphatic heterocycles. The summed E-state index contributed by atoms with van der Waals surface area (Å²) in [6.07, 6.45) is 4.41. The molecule has 170 valence electrons. The highest BCUT2D eigenvalue weighted by molar-refractivity contribution is 5.80. The molecule has 0 spiro atoms. The molecule has 0 aliphatic carbocycles. The topological polar surface area (TPSA) is 72.4 Å². The Balaban J connectivity index is 1.51.